The first kappa shape index (κ1) is 16.9. The Morgan fingerprint density at radius 2 is 1.91 bits per heavy atom. The number of ether oxygens (including phenoxy) is 1. The molecule has 0 spiro atoms. The van der Waals surface area contributed by atoms with Crippen LogP contribution < -0.4 is 0 Å². The number of esters is 1. The molecule has 22 heavy (non-hydrogen) atoms. The van der Waals surface area contributed by atoms with Crippen LogP contribution in [-0.2, 0) is 9.53 Å². The Labute approximate surface area is 136 Å². The van der Waals surface area contributed by atoms with Gasteiger partial charge in [-0.3, -0.25) is 9.69 Å². The summed E-state index contributed by atoms with van der Waals surface area (Å²) in [5, 5.41) is 0. The number of benzene rings is 1. The van der Waals surface area contributed by atoms with Gasteiger partial charge in [-0.15, -0.1) is 0 Å². The minimum absolute atomic E-state index is 0.141. The number of nitrogens with zero attached hydrogens (tertiary/aromatic N) is 1. The summed E-state index contributed by atoms with van der Waals surface area (Å²) in [5.41, 5.74) is 0.262. The van der Waals surface area contributed by atoms with Gasteiger partial charge in [-0.1, -0.05) is 39.0 Å². The predicted molar refractivity (Wildman–Crippen MR) is 88.7 cm³/mol. The summed E-state index contributed by atoms with van der Waals surface area (Å²) in [6.45, 7) is 5.94. The number of hydrogen-bond acceptors (Lipinski definition) is 4. The van der Waals surface area contributed by atoms with E-state index in [1.807, 2.05) is 45.2 Å². The van der Waals surface area contributed by atoms with Crippen molar-refractivity contribution in [1.29, 1.82) is 0 Å². The van der Waals surface area contributed by atoms with Crippen molar-refractivity contribution < 1.29 is 14.3 Å². The molecule has 1 aliphatic rings. The second-order valence-corrected chi connectivity index (χ2v) is 7.52. The van der Waals surface area contributed by atoms with E-state index in [0.717, 1.165) is 5.75 Å². The Morgan fingerprint density at radius 1 is 1.27 bits per heavy atom. The number of carbonyl (C=O) groups excluding carboxylic acids is 2. The molecule has 4 nitrogen and oxygen atoms in total. The zero-order valence-corrected chi connectivity index (χ0v) is 14.4. The number of hydrogen-bond donors (Lipinski definition) is 0. The lowest BCUT2D eigenvalue weighted by molar-refractivity contribution is -0.147. The number of cyclic esters (lactones) is 1. The number of rotatable bonds is 4. The zero-order chi connectivity index (χ0) is 16.3. The van der Waals surface area contributed by atoms with Gasteiger partial charge >= 0.3 is 5.97 Å². The fourth-order valence-electron chi connectivity index (χ4n) is 2.58. The molecule has 1 heterocycles. The zero-order valence-electron chi connectivity index (χ0n) is 13.5. The van der Waals surface area contributed by atoms with Crippen LogP contribution in [0.25, 0.3) is 0 Å². The first-order valence-electron chi connectivity index (χ1n) is 7.43. The summed E-state index contributed by atoms with van der Waals surface area (Å²) in [7, 11) is 0. The highest BCUT2D eigenvalue weighted by Crippen LogP contribution is 2.35. The topological polar surface area (TPSA) is 46.6 Å². The molecule has 120 valence electrons. The molecule has 1 aromatic carbocycles. The van der Waals surface area contributed by atoms with E-state index in [9.17, 15) is 9.59 Å². The molecule has 1 unspecified atom stereocenters. The van der Waals surface area contributed by atoms with Crippen molar-refractivity contribution in [2.75, 3.05) is 12.0 Å². The van der Waals surface area contributed by atoms with Gasteiger partial charge in [0.2, 0.25) is 0 Å². The highest BCUT2D eigenvalue weighted by molar-refractivity contribution is 7.98. The fraction of sp³-hybridized carbons (Fsp3) is 0.529. The SMILES string of the molecule is CSCC[C@H]1C(=O)OC(C(C)(C)C)N1C(=O)c1ccccc1. The largest absolute Gasteiger partial charge is 0.439 e. The van der Waals surface area contributed by atoms with Gasteiger partial charge in [0.1, 0.15) is 6.04 Å². The molecular formula is C17H23NO3S. The Kier molecular flexibility index (Phi) is 5.16. The van der Waals surface area contributed by atoms with Gasteiger partial charge in [-0.2, -0.15) is 11.8 Å². The van der Waals surface area contributed by atoms with Gasteiger partial charge in [-0.05, 0) is 30.6 Å². The molecule has 0 saturated carbocycles. The minimum atomic E-state index is -0.528. The lowest BCUT2D eigenvalue weighted by Crippen LogP contribution is -2.48. The van der Waals surface area contributed by atoms with Crippen LogP contribution in [-0.4, -0.2) is 41.1 Å². The molecule has 2 atom stereocenters. The fourth-order valence-corrected chi connectivity index (χ4v) is 3.04. The molecule has 5 heteroatoms. The van der Waals surface area contributed by atoms with Gasteiger partial charge < -0.3 is 4.74 Å². The summed E-state index contributed by atoms with van der Waals surface area (Å²) in [6.07, 6.45) is 2.08. The average Bonchev–Trinajstić information content (AvgIpc) is 2.82. The van der Waals surface area contributed by atoms with Gasteiger partial charge in [-0.25, -0.2) is 4.79 Å². The van der Waals surface area contributed by atoms with Crippen molar-refractivity contribution in [2.24, 2.45) is 5.41 Å². The molecular weight excluding hydrogens is 298 g/mol. The van der Waals surface area contributed by atoms with E-state index in [1.165, 1.54) is 0 Å². The third-order valence-corrected chi connectivity index (χ3v) is 4.32. The van der Waals surface area contributed by atoms with Gasteiger partial charge in [0.25, 0.3) is 5.91 Å². The molecule has 1 amide bonds. The average molecular weight is 321 g/mol. The Hall–Kier alpha value is -1.49. The van der Waals surface area contributed by atoms with Crippen molar-refractivity contribution in [3.63, 3.8) is 0 Å². The third-order valence-electron chi connectivity index (χ3n) is 3.68. The summed E-state index contributed by atoms with van der Waals surface area (Å²) >= 11 is 1.66. The van der Waals surface area contributed by atoms with Crippen LogP contribution in [0.4, 0.5) is 0 Å². The molecule has 1 saturated heterocycles. The van der Waals surface area contributed by atoms with E-state index in [4.69, 9.17) is 4.74 Å². The Morgan fingerprint density at radius 3 is 2.45 bits per heavy atom. The highest BCUT2D eigenvalue weighted by Gasteiger charge is 2.49. The van der Waals surface area contributed by atoms with Crippen molar-refractivity contribution in [3.05, 3.63) is 35.9 Å². The second kappa shape index (κ2) is 6.73. The number of thioether (sulfide) groups is 1. The van der Waals surface area contributed by atoms with E-state index in [1.54, 1.807) is 28.8 Å². The number of amides is 1. The van der Waals surface area contributed by atoms with Gasteiger partial charge in [0.05, 0.1) is 0 Å². The van der Waals surface area contributed by atoms with Gasteiger partial charge in [0.15, 0.2) is 6.23 Å². The number of carbonyl (C=O) groups is 2. The summed E-state index contributed by atoms with van der Waals surface area (Å²) in [4.78, 5) is 26.8. The first-order valence-corrected chi connectivity index (χ1v) is 8.83. The maximum absolute atomic E-state index is 12.9. The van der Waals surface area contributed by atoms with Crippen molar-refractivity contribution in [1.82, 2.24) is 4.90 Å². The van der Waals surface area contributed by atoms with E-state index in [-0.39, 0.29) is 17.3 Å². The van der Waals surface area contributed by atoms with Crippen LogP contribution in [0.1, 0.15) is 37.6 Å². The molecule has 1 fully saturated rings. The molecule has 0 N–H and O–H groups in total. The summed E-state index contributed by atoms with van der Waals surface area (Å²) < 4.78 is 5.55. The minimum Gasteiger partial charge on any atom is -0.439 e. The Bertz CT molecular complexity index is 539. The van der Waals surface area contributed by atoms with Crippen LogP contribution in [0.5, 0.6) is 0 Å². The third kappa shape index (κ3) is 3.46. The van der Waals surface area contributed by atoms with Crippen LogP contribution >= 0.6 is 11.8 Å². The first-order chi connectivity index (χ1) is 10.4. The van der Waals surface area contributed by atoms with Gasteiger partial charge in [0, 0.05) is 11.0 Å². The van der Waals surface area contributed by atoms with E-state index >= 15 is 0 Å². The maximum atomic E-state index is 12.9. The molecule has 0 bridgehead atoms. The smallest absolute Gasteiger partial charge is 0.330 e. The predicted octanol–water partition coefficient (Wildman–Crippen LogP) is 3.18. The monoisotopic (exact) mass is 321 g/mol. The Balaban J connectivity index is 2.34. The van der Waals surface area contributed by atoms with Crippen molar-refractivity contribution in [3.8, 4) is 0 Å². The maximum Gasteiger partial charge on any atom is 0.330 e. The lowest BCUT2D eigenvalue weighted by atomic mass is 9.92. The second-order valence-electron chi connectivity index (χ2n) is 6.53. The van der Waals surface area contributed by atoms with Crippen molar-refractivity contribution >= 4 is 23.6 Å². The molecule has 2 rings (SSSR count). The van der Waals surface area contributed by atoms with E-state index in [0.29, 0.717) is 12.0 Å². The van der Waals surface area contributed by atoms with Crippen molar-refractivity contribution in [2.45, 2.75) is 39.5 Å². The highest BCUT2D eigenvalue weighted by atomic mass is 32.2. The van der Waals surface area contributed by atoms with Crippen LogP contribution in [0.3, 0.4) is 0 Å². The lowest BCUT2D eigenvalue weighted by Gasteiger charge is -2.34. The van der Waals surface area contributed by atoms with E-state index in [2.05, 4.69) is 0 Å². The summed E-state index contributed by atoms with van der Waals surface area (Å²) in [5.74, 6) is 0.380. The van der Waals surface area contributed by atoms with Crippen LogP contribution in [0.2, 0.25) is 0 Å². The van der Waals surface area contributed by atoms with Crippen LogP contribution in [0, 0.1) is 5.41 Å². The normalized spacial score (nSPS) is 21.8. The molecule has 0 aromatic heterocycles. The summed E-state index contributed by atoms with van der Waals surface area (Å²) in [6, 6.07) is 8.58. The van der Waals surface area contributed by atoms with Crippen LogP contribution in [0.15, 0.2) is 30.3 Å². The molecule has 1 aromatic rings. The quantitative estimate of drug-likeness (QED) is 0.799. The van der Waals surface area contributed by atoms with E-state index < -0.39 is 12.3 Å². The molecule has 0 radical (unpaired) electrons. The molecule has 0 aliphatic carbocycles. The standard InChI is InChI=1S/C17H23NO3S/c1-17(2,3)16-18(13(10-11-22-4)15(20)21-16)14(19)12-8-6-5-7-9-12/h5-9,13,16H,10-11H2,1-4H3/t13-,16?/m0/s1. The molecule has 1 aliphatic heterocycles.